The van der Waals surface area contributed by atoms with E-state index in [9.17, 15) is 9.59 Å². The molecule has 108 valence electrons. The lowest BCUT2D eigenvalue weighted by molar-refractivity contribution is -0.161. The summed E-state index contributed by atoms with van der Waals surface area (Å²) >= 11 is 0. The van der Waals surface area contributed by atoms with Gasteiger partial charge in [-0.25, -0.2) is 4.79 Å². The Hall–Kier alpha value is -1.34. The van der Waals surface area contributed by atoms with Crippen molar-refractivity contribution in [1.29, 1.82) is 0 Å². The van der Waals surface area contributed by atoms with Crippen LogP contribution in [0.4, 0.5) is 4.79 Å². The predicted octanol–water partition coefficient (Wildman–Crippen LogP) is 1.02. The Morgan fingerprint density at radius 3 is 1.72 bits per heavy atom. The highest BCUT2D eigenvalue weighted by molar-refractivity contribution is 5.75. The van der Waals surface area contributed by atoms with Crippen molar-refractivity contribution >= 4 is 12.1 Å². The largest absolute Gasteiger partial charge is 0.510 e. The molecule has 0 bridgehead atoms. The van der Waals surface area contributed by atoms with Crippen LogP contribution < -0.4 is 0 Å². The van der Waals surface area contributed by atoms with Gasteiger partial charge in [0.05, 0.1) is 11.5 Å². The summed E-state index contributed by atoms with van der Waals surface area (Å²) in [4.78, 5) is 20.9. The van der Waals surface area contributed by atoms with Gasteiger partial charge < -0.3 is 24.4 Å². The van der Waals surface area contributed by atoms with Gasteiger partial charge in [-0.2, -0.15) is 0 Å². The number of hydrogen-bond donors (Lipinski definition) is 2. The van der Waals surface area contributed by atoms with E-state index in [2.05, 4.69) is 14.2 Å². The van der Waals surface area contributed by atoms with E-state index in [1.54, 1.807) is 34.6 Å². The second kappa shape index (κ2) is 9.67. The van der Waals surface area contributed by atoms with Gasteiger partial charge in [0.25, 0.3) is 0 Å². The SMILES string of the molecule is CC(C)(C)C(=O)OCO.CC(C)OC(=O)OCO. The Morgan fingerprint density at radius 1 is 1.06 bits per heavy atom. The third kappa shape index (κ3) is 12.7. The molecule has 0 aliphatic heterocycles. The number of ether oxygens (including phenoxy) is 3. The maximum atomic E-state index is 10.7. The summed E-state index contributed by atoms with van der Waals surface area (Å²) in [5.41, 5.74) is -0.511. The fraction of sp³-hybridized carbons (Fsp3) is 0.818. The minimum Gasteiger partial charge on any atom is -0.438 e. The van der Waals surface area contributed by atoms with Crippen LogP contribution in [0.2, 0.25) is 0 Å². The van der Waals surface area contributed by atoms with E-state index in [1.165, 1.54) is 0 Å². The molecule has 0 atom stereocenters. The Kier molecular flexibility index (Phi) is 10.2. The van der Waals surface area contributed by atoms with Crippen molar-refractivity contribution in [3.63, 3.8) is 0 Å². The molecule has 0 aliphatic rings. The first-order chi connectivity index (χ1) is 8.15. The molecule has 0 fully saturated rings. The van der Waals surface area contributed by atoms with Gasteiger partial charge in [-0.05, 0) is 34.6 Å². The molecule has 0 aromatic rings. The Balaban J connectivity index is 0. The zero-order valence-corrected chi connectivity index (χ0v) is 11.4. The fourth-order valence-corrected chi connectivity index (χ4v) is 0.554. The molecule has 0 spiro atoms. The van der Waals surface area contributed by atoms with Gasteiger partial charge in [-0.1, -0.05) is 0 Å². The number of carbonyl (C=O) groups excluding carboxylic acids is 2. The van der Waals surface area contributed by atoms with Crippen molar-refractivity contribution in [2.24, 2.45) is 5.41 Å². The number of esters is 1. The molecule has 7 heteroatoms. The molecule has 0 unspecified atom stereocenters. The predicted molar refractivity (Wildman–Crippen MR) is 62.4 cm³/mol. The summed E-state index contributed by atoms with van der Waals surface area (Å²) in [6.07, 6.45) is -1.04. The molecular formula is C11H22O7. The maximum absolute atomic E-state index is 10.7. The highest BCUT2D eigenvalue weighted by atomic mass is 16.8. The summed E-state index contributed by atoms with van der Waals surface area (Å²) < 4.78 is 12.8. The quantitative estimate of drug-likeness (QED) is 0.580. The van der Waals surface area contributed by atoms with Crippen LogP contribution in [0.5, 0.6) is 0 Å². The average molecular weight is 266 g/mol. The molecule has 0 heterocycles. The molecule has 0 aromatic carbocycles. The van der Waals surface area contributed by atoms with Gasteiger partial charge in [0, 0.05) is 0 Å². The van der Waals surface area contributed by atoms with Crippen molar-refractivity contribution in [2.75, 3.05) is 13.6 Å². The molecule has 0 rings (SSSR count). The van der Waals surface area contributed by atoms with Crippen LogP contribution in [0.15, 0.2) is 0 Å². The van der Waals surface area contributed by atoms with E-state index >= 15 is 0 Å². The number of aliphatic hydroxyl groups is 2. The lowest BCUT2D eigenvalue weighted by atomic mass is 9.98. The van der Waals surface area contributed by atoms with E-state index in [4.69, 9.17) is 10.2 Å². The van der Waals surface area contributed by atoms with E-state index in [0.29, 0.717) is 0 Å². The van der Waals surface area contributed by atoms with E-state index in [1.807, 2.05) is 0 Å². The van der Waals surface area contributed by atoms with E-state index in [0.717, 1.165) is 0 Å². The topological polar surface area (TPSA) is 102 Å². The van der Waals surface area contributed by atoms with E-state index < -0.39 is 25.2 Å². The normalized spacial score (nSPS) is 10.2. The van der Waals surface area contributed by atoms with Gasteiger partial charge >= 0.3 is 12.1 Å². The zero-order chi connectivity index (χ0) is 14.8. The lowest BCUT2D eigenvalue weighted by Crippen LogP contribution is -2.23. The number of aliphatic hydroxyl groups excluding tert-OH is 2. The first-order valence-electron chi connectivity index (χ1n) is 5.37. The first kappa shape index (κ1) is 19.0. The molecule has 0 saturated carbocycles. The van der Waals surface area contributed by atoms with Gasteiger partial charge in [0.2, 0.25) is 0 Å². The van der Waals surface area contributed by atoms with Crippen molar-refractivity contribution in [3.8, 4) is 0 Å². The third-order valence-corrected chi connectivity index (χ3v) is 1.32. The van der Waals surface area contributed by atoms with Crippen LogP contribution in [0, 0.1) is 5.41 Å². The molecule has 2 N–H and O–H groups in total. The Labute approximate surface area is 107 Å². The second-order valence-corrected chi connectivity index (χ2v) is 4.50. The van der Waals surface area contributed by atoms with Crippen LogP contribution in [0.25, 0.3) is 0 Å². The first-order valence-corrected chi connectivity index (χ1v) is 5.37. The van der Waals surface area contributed by atoms with Crippen LogP contribution in [0.3, 0.4) is 0 Å². The second-order valence-electron chi connectivity index (χ2n) is 4.50. The number of rotatable bonds is 3. The summed E-state index contributed by atoms with van der Waals surface area (Å²) in [7, 11) is 0. The van der Waals surface area contributed by atoms with Crippen molar-refractivity contribution in [2.45, 2.75) is 40.7 Å². The Morgan fingerprint density at radius 2 is 1.50 bits per heavy atom. The minimum atomic E-state index is -0.840. The molecule has 18 heavy (non-hydrogen) atoms. The molecule has 0 aromatic heterocycles. The van der Waals surface area contributed by atoms with Gasteiger partial charge in [-0.3, -0.25) is 4.79 Å². The summed E-state index contributed by atoms with van der Waals surface area (Å²) in [5, 5.41) is 16.2. The smallest absolute Gasteiger partial charge is 0.438 e. The Bertz CT molecular complexity index is 242. The van der Waals surface area contributed by atoms with Crippen LogP contribution in [0.1, 0.15) is 34.6 Å². The fourth-order valence-electron chi connectivity index (χ4n) is 0.554. The van der Waals surface area contributed by atoms with Crippen molar-refractivity contribution in [3.05, 3.63) is 0 Å². The molecule has 0 amide bonds. The van der Waals surface area contributed by atoms with Crippen molar-refractivity contribution < 1.29 is 34.0 Å². The minimum absolute atomic E-state index is 0.205. The molecule has 0 saturated heterocycles. The maximum Gasteiger partial charge on any atom is 0.510 e. The number of carbonyl (C=O) groups is 2. The van der Waals surface area contributed by atoms with Crippen LogP contribution in [-0.2, 0) is 19.0 Å². The van der Waals surface area contributed by atoms with Crippen LogP contribution in [-0.4, -0.2) is 42.0 Å². The van der Waals surface area contributed by atoms with Gasteiger partial charge in [0.15, 0.2) is 13.6 Å². The highest BCUT2D eigenvalue weighted by Crippen LogP contribution is 2.14. The molecule has 0 radical (unpaired) electrons. The lowest BCUT2D eigenvalue weighted by Gasteiger charge is -2.14. The zero-order valence-electron chi connectivity index (χ0n) is 11.4. The number of hydrogen-bond acceptors (Lipinski definition) is 7. The highest BCUT2D eigenvalue weighted by Gasteiger charge is 2.22. The summed E-state index contributed by atoms with van der Waals surface area (Å²) in [5.74, 6) is -0.384. The molecular weight excluding hydrogens is 244 g/mol. The summed E-state index contributed by atoms with van der Waals surface area (Å²) in [6, 6.07) is 0. The van der Waals surface area contributed by atoms with Gasteiger partial charge in [-0.15, -0.1) is 0 Å². The molecule has 0 aliphatic carbocycles. The summed E-state index contributed by atoms with van der Waals surface area (Å²) in [6.45, 7) is 7.40. The molecule has 7 nitrogen and oxygen atoms in total. The average Bonchev–Trinajstić information content (AvgIpc) is 2.16. The monoisotopic (exact) mass is 266 g/mol. The van der Waals surface area contributed by atoms with Crippen LogP contribution >= 0.6 is 0 Å². The van der Waals surface area contributed by atoms with Crippen molar-refractivity contribution in [1.82, 2.24) is 0 Å². The van der Waals surface area contributed by atoms with Gasteiger partial charge in [0.1, 0.15) is 0 Å². The standard InChI is InChI=1S/C6H12O3.C5H10O4/c1-6(2,3)5(8)9-4-7;1-4(2)9-5(7)8-3-6/h7H,4H2,1-3H3;4,6H,3H2,1-2H3. The van der Waals surface area contributed by atoms with E-state index in [-0.39, 0.29) is 12.1 Å². The third-order valence-electron chi connectivity index (χ3n) is 1.32.